The fourth-order valence-electron chi connectivity index (χ4n) is 5.36. The fourth-order valence-corrected chi connectivity index (χ4v) is 5.36. The summed E-state index contributed by atoms with van der Waals surface area (Å²) in [4.78, 5) is 28.2. The topological polar surface area (TPSA) is 49.4 Å². The van der Waals surface area contributed by atoms with Crippen LogP contribution in [0.15, 0.2) is 66.7 Å². The Morgan fingerprint density at radius 3 is 2.42 bits per heavy atom. The molecule has 1 saturated carbocycles. The van der Waals surface area contributed by atoms with Crippen molar-refractivity contribution < 1.29 is 9.59 Å². The van der Waals surface area contributed by atoms with Gasteiger partial charge in [-0.05, 0) is 72.7 Å². The van der Waals surface area contributed by atoms with Gasteiger partial charge in [0, 0.05) is 29.4 Å². The van der Waals surface area contributed by atoms with Crippen LogP contribution in [0.2, 0.25) is 0 Å². The Hall–Kier alpha value is -3.14. The molecule has 2 atom stereocenters. The molecule has 3 aromatic carbocycles. The minimum Gasteiger partial charge on any atom is -0.335 e. The molecule has 5 rings (SSSR count). The zero-order valence-corrected chi connectivity index (χ0v) is 17.7. The van der Waals surface area contributed by atoms with Crippen molar-refractivity contribution in [2.45, 2.75) is 44.6 Å². The molecular weight excluding hydrogens is 384 g/mol. The van der Waals surface area contributed by atoms with Crippen LogP contribution in [-0.2, 0) is 0 Å². The van der Waals surface area contributed by atoms with Gasteiger partial charge in [0.05, 0.1) is 0 Å². The van der Waals surface area contributed by atoms with Gasteiger partial charge in [-0.15, -0.1) is 0 Å². The van der Waals surface area contributed by atoms with E-state index in [-0.39, 0.29) is 11.8 Å². The summed E-state index contributed by atoms with van der Waals surface area (Å²) in [5.74, 6) is 0.659. The lowest BCUT2D eigenvalue weighted by molar-refractivity contribution is 0.0390. The van der Waals surface area contributed by atoms with Gasteiger partial charge >= 0.3 is 0 Å². The first-order valence-electron chi connectivity index (χ1n) is 11.4. The predicted molar refractivity (Wildman–Crippen MR) is 124 cm³/mol. The lowest BCUT2D eigenvalue weighted by Crippen LogP contribution is -2.49. The summed E-state index contributed by atoms with van der Waals surface area (Å²) < 4.78 is 0. The fraction of sp³-hybridized carbons (Fsp3) is 0.333. The van der Waals surface area contributed by atoms with Gasteiger partial charge < -0.3 is 10.2 Å². The van der Waals surface area contributed by atoms with Gasteiger partial charge in [-0.3, -0.25) is 9.59 Å². The maximum Gasteiger partial charge on any atom is 0.256 e. The van der Waals surface area contributed by atoms with Gasteiger partial charge in [0.15, 0.2) is 0 Å². The summed E-state index contributed by atoms with van der Waals surface area (Å²) >= 11 is 0. The SMILES string of the molecule is O=C(Nc1ccc(C(=O)N2CCC[C@@H]3CCCC[C@@H]32)cc1)c1cccc2ccccc12. The molecule has 1 aliphatic heterocycles. The van der Waals surface area contributed by atoms with E-state index in [1.165, 1.54) is 25.7 Å². The predicted octanol–water partition coefficient (Wildman–Crippen LogP) is 5.89. The van der Waals surface area contributed by atoms with Crippen LogP contribution in [-0.4, -0.2) is 29.3 Å². The molecule has 1 aliphatic carbocycles. The maximum absolute atomic E-state index is 13.2. The molecule has 0 radical (unpaired) electrons. The van der Waals surface area contributed by atoms with Crippen LogP contribution in [0.25, 0.3) is 10.8 Å². The van der Waals surface area contributed by atoms with Gasteiger partial charge in [-0.25, -0.2) is 0 Å². The van der Waals surface area contributed by atoms with Crippen molar-refractivity contribution >= 4 is 28.3 Å². The average Bonchev–Trinajstić information content (AvgIpc) is 2.83. The molecule has 31 heavy (non-hydrogen) atoms. The van der Waals surface area contributed by atoms with Gasteiger partial charge in [-0.2, -0.15) is 0 Å². The minimum absolute atomic E-state index is 0.128. The van der Waals surface area contributed by atoms with Crippen LogP contribution in [0.4, 0.5) is 5.69 Å². The first kappa shape index (κ1) is 19.8. The van der Waals surface area contributed by atoms with Gasteiger partial charge in [-0.1, -0.05) is 49.2 Å². The average molecular weight is 413 g/mol. The number of hydrogen-bond donors (Lipinski definition) is 1. The summed E-state index contributed by atoms with van der Waals surface area (Å²) in [6.07, 6.45) is 7.28. The van der Waals surface area contributed by atoms with E-state index in [2.05, 4.69) is 10.2 Å². The first-order valence-corrected chi connectivity index (χ1v) is 11.4. The summed E-state index contributed by atoms with van der Waals surface area (Å²) in [5, 5.41) is 4.95. The van der Waals surface area contributed by atoms with E-state index in [1.807, 2.05) is 66.7 Å². The molecule has 1 N–H and O–H groups in total. The zero-order valence-electron chi connectivity index (χ0n) is 17.7. The van der Waals surface area contributed by atoms with Crippen molar-refractivity contribution in [3.05, 3.63) is 77.9 Å². The number of nitrogens with one attached hydrogen (secondary N) is 1. The van der Waals surface area contributed by atoms with Crippen LogP contribution < -0.4 is 5.32 Å². The highest BCUT2D eigenvalue weighted by atomic mass is 16.2. The van der Waals surface area contributed by atoms with Gasteiger partial charge in [0.1, 0.15) is 0 Å². The molecule has 2 aliphatic rings. The van der Waals surface area contributed by atoms with Crippen molar-refractivity contribution in [1.29, 1.82) is 0 Å². The molecule has 3 aromatic rings. The number of nitrogens with zero attached hydrogens (tertiary/aromatic N) is 1. The summed E-state index contributed by atoms with van der Waals surface area (Å²) in [7, 11) is 0. The van der Waals surface area contributed by atoms with Crippen molar-refractivity contribution in [3.8, 4) is 0 Å². The lowest BCUT2D eigenvalue weighted by atomic mass is 9.78. The minimum atomic E-state index is -0.142. The molecule has 0 aromatic heterocycles. The Morgan fingerprint density at radius 2 is 1.55 bits per heavy atom. The van der Waals surface area contributed by atoms with E-state index in [1.54, 1.807) is 0 Å². The summed E-state index contributed by atoms with van der Waals surface area (Å²) in [5.41, 5.74) is 2.05. The highest BCUT2D eigenvalue weighted by Gasteiger charge is 2.35. The Bertz CT molecular complexity index is 1100. The Morgan fingerprint density at radius 1 is 0.806 bits per heavy atom. The van der Waals surface area contributed by atoms with E-state index in [9.17, 15) is 9.59 Å². The Balaban J connectivity index is 1.31. The van der Waals surface area contributed by atoms with Crippen molar-refractivity contribution in [2.75, 3.05) is 11.9 Å². The summed E-state index contributed by atoms with van der Waals surface area (Å²) in [6, 6.07) is 21.4. The maximum atomic E-state index is 13.2. The van der Waals surface area contributed by atoms with Crippen LogP contribution in [0.5, 0.6) is 0 Å². The Kier molecular flexibility index (Phi) is 5.46. The second kappa shape index (κ2) is 8.54. The number of carbonyl (C=O) groups excluding carboxylic acids is 2. The lowest BCUT2D eigenvalue weighted by Gasteiger charge is -2.44. The van der Waals surface area contributed by atoms with Crippen LogP contribution in [0.3, 0.4) is 0 Å². The van der Waals surface area contributed by atoms with Gasteiger partial charge in [0.2, 0.25) is 0 Å². The highest BCUT2D eigenvalue weighted by Crippen LogP contribution is 2.36. The number of anilines is 1. The standard InChI is InChI=1S/C27H28N2O2/c30-26(24-12-5-9-19-7-1-3-11-23(19)24)28-22-16-14-21(15-17-22)27(31)29-18-6-10-20-8-2-4-13-25(20)29/h1,3,5,7,9,11-12,14-17,20,25H,2,4,6,8,10,13,18H2,(H,28,30)/t20-,25-/m0/s1. The Labute approximate surface area is 183 Å². The van der Waals surface area contributed by atoms with E-state index in [4.69, 9.17) is 0 Å². The second-order valence-electron chi connectivity index (χ2n) is 8.81. The number of benzene rings is 3. The third-order valence-corrected chi connectivity index (χ3v) is 6.93. The van der Waals surface area contributed by atoms with Crippen molar-refractivity contribution in [3.63, 3.8) is 0 Å². The van der Waals surface area contributed by atoms with Crippen molar-refractivity contribution in [1.82, 2.24) is 4.90 Å². The molecule has 0 bridgehead atoms. The largest absolute Gasteiger partial charge is 0.335 e. The molecule has 4 nitrogen and oxygen atoms in total. The van der Waals surface area contributed by atoms with Crippen LogP contribution in [0.1, 0.15) is 59.2 Å². The van der Waals surface area contributed by atoms with E-state index in [0.29, 0.717) is 28.8 Å². The van der Waals surface area contributed by atoms with E-state index in [0.717, 1.165) is 30.2 Å². The first-order chi connectivity index (χ1) is 15.2. The van der Waals surface area contributed by atoms with Crippen LogP contribution in [0, 0.1) is 5.92 Å². The quantitative estimate of drug-likeness (QED) is 0.583. The molecule has 158 valence electrons. The molecule has 0 unspecified atom stereocenters. The second-order valence-corrected chi connectivity index (χ2v) is 8.81. The number of rotatable bonds is 3. The number of fused-ring (bicyclic) bond motifs is 2. The molecular formula is C27H28N2O2. The molecule has 2 amide bonds. The molecule has 0 spiro atoms. The molecule has 2 fully saturated rings. The van der Waals surface area contributed by atoms with Gasteiger partial charge in [0.25, 0.3) is 11.8 Å². The third-order valence-electron chi connectivity index (χ3n) is 6.93. The number of amides is 2. The molecule has 1 heterocycles. The smallest absolute Gasteiger partial charge is 0.256 e. The number of piperidine rings is 1. The highest BCUT2D eigenvalue weighted by molar-refractivity contribution is 6.13. The van der Waals surface area contributed by atoms with E-state index >= 15 is 0 Å². The molecule has 1 saturated heterocycles. The van der Waals surface area contributed by atoms with Crippen LogP contribution >= 0.6 is 0 Å². The van der Waals surface area contributed by atoms with Crippen molar-refractivity contribution in [2.24, 2.45) is 5.92 Å². The number of likely N-dealkylation sites (tertiary alicyclic amines) is 1. The number of hydrogen-bond acceptors (Lipinski definition) is 2. The monoisotopic (exact) mass is 412 g/mol. The normalized spacial score (nSPS) is 20.8. The third kappa shape index (κ3) is 3.95. The molecule has 4 heteroatoms. The zero-order chi connectivity index (χ0) is 21.2. The summed E-state index contributed by atoms with van der Waals surface area (Å²) in [6.45, 7) is 0.861. The van der Waals surface area contributed by atoms with E-state index < -0.39 is 0 Å². The number of carbonyl (C=O) groups is 2.